The summed E-state index contributed by atoms with van der Waals surface area (Å²) in [7, 11) is 1.79. The predicted molar refractivity (Wildman–Crippen MR) is 86.8 cm³/mol. The van der Waals surface area contributed by atoms with Crippen molar-refractivity contribution in [1.82, 2.24) is 5.32 Å². The maximum atomic E-state index is 14.1. The highest BCUT2D eigenvalue weighted by atomic mass is 79.9. The molecule has 1 unspecified atom stereocenters. The van der Waals surface area contributed by atoms with Crippen molar-refractivity contribution in [2.75, 3.05) is 7.05 Å². The number of hydrogen-bond donors (Lipinski definition) is 1. The number of fused-ring (bicyclic) bond motifs is 1. The second-order valence-corrected chi connectivity index (χ2v) is 6.75. The topological polar surface area (TPSA) is 12.0 Å². The van der Waals surface area contributed by atoms with E-state index in [0.717, 1.165) is 19.4 Å². The molecule has 108 valence electrons. The Labute approximate surface area is 133 Å². The lowest BCUT2D eigenvalue weighted by molar-refractivity contribution is 0.579. The van der Waals surface area contributed by atoms with Gasteiger partial charge in [0.2, 0.25) is 0 Å². The molecule has 0 saturated carbocycles. The third-order valence-electron chi connectivity index (χ3n) is 3.34. The summed E-state index contributed by atoms with van der Waals surface area (Å²) in [6.07, 6.45) is 0. The lowest BCUT2D eigenvalue weighted by atomic mass is 10.0. The van der Waals surface area contributed by atoms with E-state index in [0.29, 0.717) is 5.56 Å². The van der Waals surface area contributed by atoms with Gasteiger partial charge < -0.3 is 5.32 Å². The number of nitrogens with one attached hydrogen (secondary N) is 1. The maximum Gasteiger partial charge on any atom is 0.128 e. The molecule has 0 spiro atoms. The molecule has 3 rings (SSSR count). The minimum atomic E-state index is -0.263. The number of benzene rings is 2. The molecule has 0 aliphatic heterocycles. The monoisotopic (exact) mass is 367 g/mol. The van der Waals surface area contributed by atoms with Gasteiger partial charge in [-0.1, -0.05) is 22.0 Å². The lowest BCUT2D eigenvalue weighted by Crippen LogP contribution is -2.17. The van der Waals surface area contributed by atoms with Crippen molar-refractivity contribution in [3.8, 4) is 0 Å². The van der Waals surface area contributed by atoms with Crippen molar-refractivity contribution in [2.45, 2.75) is 6.04 Å². The van der Waals surface area contributed by atoms with Crippen LogP contribution in [0.15, 0.2) is 46.9 Å². The molecular formula is C16H12BrF2NS. The predicted octanol–water partition coefficient (Wildman–Crippen LogP) is 5.25. The first kappa shape index (κ1) is 14.6. The Morgan fingerprint density at radius 2 is 1.90 bits per heavy atom. The first-order valence-corrected chi connectivity index (χ1v) is 8.00. The smallest absolute Gasteiger partial charge is 0.128 e. The number of rotatable bonds is 3. The standard InChI is InChI=1S/C16H12BrF2NS/c1-20-16(12-7-10(17)3-5-13(12)19)15-6-9-2-4-11(18)8-14(9)21-15/h2-8,16,20H,1H3. The maximum absolute atomic E-state index is 14.1. The van der Waals surface area contributed by atoms with Crippen LogP contribution in [0.4, 0.5) is 8.78 Å². The minimum Gasteiger partial charge on any atom is -0.309 e. The van der Waals surface area contributed by atoms with Gasteiger partial charge in [-0.05, 0) is 48.8 Å². The summed E-state index contributed by atoms with van der Waals surface area (Å²) in [5.74, 6) is -0.522. The van der Waals surface area contributed by atoms with E-state index < -0.39 is 0 Å². The van der Waals surface area contributed by atoms with Crippen molar-refractivity contribution in [3.05, 3.63) is 69.0 Å². The molecule has 0 aliphatic rings. The lowest BCUT2D eigenvalue weighted by Gasteiger charge is -2.16. The van der Waals surface area contributed by atoms with Gasteiger partial charge in [0.05, 0.1) is 6.04 Å². The van der Waals surface area contributed by atoms with E-state index in [1.54, 1.807) is 25.2 Å². The molecule has 0 bridgehead atoms. The van der Waals surface area contributed by atoms with Crippen LogP contribution in [0, 0.1) is 11.6 Å². The van der Waals surface area contributed by atoms with Gasteiger partial charge in [0.15, 0.2) is 0 Å². The fraction of sp³-hybridized carbons (Fsp3) is 0.125. The molecule has 1 nitrogen and oxygen atoms in total. The minimum absolute atomic E-state index is 0.259. The van der Waals surface area contributed by atoms with Gasteiger partial charge in [0.1, 0.15) is 11.6 Å². The molecule has 0 amide bonds. The van der Waals surface area contributed by atoms with Crippen molar-refractivity contribution < 1.29 is 8.78 Å². The average Bonchev–Trinajstić information content (AvgIpc) is 2.86. The van der Waals surface area contributed by atoms with Gasteiger partial charge in [-0.2, -0.15) is 0 Å². The fourth-order valence-corrected chi connectivity index (χ4v) is 3.95. The van der Waals surface area contributed by atoms with Crippen LogP contribution in [0.1, 0.15) is 16.5 Å². The highest BCUT2D eigenvalue weighted by molar-refractivity contribution is 9.10. The molecule has 2 aromatic carbocycles. The van der Waals surface area contributed by atoms with Crippen molar-refractivity contribution in [1.29, 1.82) is 0 Å². The Morgan fingerprint density at radius 1 is 1.10 bits per heavy atom. The summed E-state index contributed by atoms with van der Waals surface area (Å²) in [6.45, 7) is 0. The zero-order valence-electron chi connectivity index (χ0n) is 11.2. The van der Waals surface area contributed by atoms with Crippen molar-refractivity contribution in [2.24, 2.45) is 0 Å². The molecule has 3 aromatic rings. The Bertz CT molecular complexity index is 800. The van der Waals surface area contributed by atoms with Crippen LogP contribution in [0.2, 0.25) is 0 Å². The number of hydrogen-bond acceptors (Lipinski definition) is 2. The van der Waals surface area contributed by atoms with Gasteiger partial charge in [0.25, 0.3) is 0 Å². The fourth-order valence-electron chi connectivity index (χ4n) is 2.35. The van der Waals surface area contributed by atoms with Gasteiger partial charge in [0, 0.05) is 19.6 Å². The van der Waals surface area contributed by atoms with Crippen LogP contribution in [0.5, 0.6) is 0 Å². The largest absolute Gasteiger partial charge is 0.309 e. The van der Waals surface area contributed by atoms with Crippen LogP contribution in [0.25, 0.3) is 10.1 Å². The summed E-state index contributed by atoms with van der Waals surface area (Å²) in [5, 5.41) is 4.10. The van der Waals surface area contributed by atoms with E-state index >= 15 is 0 Å². The molecule has 1 heterocycles. The van der Waals surface area contributed by atoms with E-state index in [9.17, 15) is 8.78 Å². The molecule has 21 heavy (non-hydrogen) atoms. The van der Waals surface area contributed by atoms with Crippen LogP contribution in [0.3, 0.4) is 0 Å². The van der Waals surface area contributed by atoms with Crippen LogP contribution < -0.4 is 5.32 Å². The Morgan fingerprint density at radius 3 is 2.67 bits per heavy atom. The van der Waals surface area contributed by atoms with E-state index in [1.807, 2.05) is 6.07 Å². The third-order valence-corrected chi connectivity index (χ3v) is 5.00. The van der Waals surface area contributed by atoms with E-state index in [4.69, 9.17) is 0 Å². The molecule has 0 saturated heterocycles. The molecule has 0 radical (unpaired) electrons. The Balaban J connectivity index is 2.11. The third kappa shape index (κ3) is 2.86. The highest BCUT2D eigenvalue weighted by Gasteiger charge is 2.19. The second kappa shape index (κ2) is 5.83. The summed E-state index contributed by atoms with van der Waals surface area (Å²) in [4.78, 5) is 0.954. The highest BCUT2D eigenvalue weighted by Crippen LogP contribution is 2.35. The Kier molecular flexibility index (Phi) is 4.06. The number of halogens is 3. The number of thiophene rings is 1. The van der Waals surface area contributed by atoms with Gasteiger partial charge in [-0.3, -0.25) is 0 Å². The van der Waals surface area contributed by atoms with E-state index in [1.165, 1.54) is 29.5 Å². The molecule has 0 fully saturated rings. The summed E-state index contributed by atoms with van der Waals surface area (Å²) < 4.78 is 29.1. The molecule has 1 aromatic heterocycles. The second-order valence-electron chi connectivity index (χ2n) is 4.72. The quantitative estimate of drug-likeness (QED) is 0.666. The van der Waals surface area contributed by atoms with Crippen molar-refractivity contribution >= 4 is 37.4 Å². The summed E-state index contributed by atoms with van der Waals surface area (Å²) >= 11 is 4.84. The van der Waals surface area contributed by atoms with Gasteiger partial charge in [-0.25, -0.2) is 8.78 Å². The molecule has 5 heteroatoms. The van der Waals surface area contributed by atoms with Crippen LogP contribution in [-0.4, -0.2) is 7.05 Å². The summed E-state index contributed by atoms with van der Waals surface area (Å²) in [6, 6.07) is 11.3. The zero-order valence-corrected chi connectivity index (χ0v) is 13.6. The normalized spacial score (nSPS) is 12.8. The SMILES string of the molecule is CNC(c1cc2ccc(F)cc2s1)c1cc(Br)ccc1F. The average molecular weight is 368 g/mol. The molecule has 1 atom stereocenters. The Hall–Kier alpha value is -1.30. The summed E-state index contributed by atoms with van der Waals surface area (Å²) in [5.41, 5.74) is 0.568. The van der Waals surface area contributed by atoms with Gasteiger partial charge in [-0.15, -0.1) is 11.3 Å². The first-order chi connectivity index (χ1) is 10.1. The van der Waals surface area contributed by atoms with Crippen molar-refractivity contribution in [3.63, 3.8) is 0 Å². The molecule has 1 N–H and O–H groups in total. The first-order valence-electron chi connectivity index (χ1n) is 6.39. The van der Waals surface area contributed by atoms with E-state index in [-0.39, 0.29) is 17.7 Å². The molecule has 0 aliphatic carbocycles. The zero-order chi connectivity index (χ0) is 15.0. The molecular weight excluding hydrogens is 356 g/mol. The van der Waals surface area contributed by atoms with E-state index in [2.05, 4.69) is 21.2 Å². The van der Waals surface area contributed by atoms with Crippen LogP contribution in [-0.2, 0) is 0 Å². The van der Waals surface area contributed by atoms with Gasteiger partial charge >= 0.3 is 0 Å². The van der Waals surface area contributed by atoms with Crippen LogP contribution >= 0.6 is 27.3 Å².